The Morgan fingerprint density at radius 1 is 1.35 bits per heavy atom. The smallest absolute Gasteiger partial charge is 0.241 e. The molecule has 1 aromatic heterocycles. The fraction of sp³-hybridized carbons (Fsp3) is 0.692. The Balaban J connectivity index is 2.51. The molecule has 20 heavy (non-hydrogen) atoms. The average molecular weight is 319 g/mol. The maximum absolute atomic E-state index is 12.1. The zero-order valence-corrected chi connectivity index (χ0v) is 14.3. The van der Waals surface area contributed by atoms with Crippen molar-refractivity contribution in [2.24, 2.45) is 0 Å². The van der Waals surface area contributed by atoms with Crippen LogP contribution in [0.25, 0.3) is 0 Å². The minimum absolute atomic E-state index is 0.368. The van der Waals surface area contributed by atoms with Crippen LogP contribution in [0.2, 0.25) is 0 Å². The SMILES string of the molecule is CC(C)NCc1cc(S(=O)(=O)NCCCN(C)C)cs1. The number of sulfonamides is 1. The van der Waals surface area contributed by atoms with Crippen molar-refractivity contribution in [1.82, 2.24) is 14.9 Å². The minimum Gasteiger partial charge on any atom is -0.310 e. The lowest BCUT2D eigenvalue weighted by atomic mass is 10.4. The Hall–Kier alpha value is -0.470. The van der Waals surface area contributed by atoms with E-state index < -0.39 is 10.0 Å². The Labute approximate surface area is 126 Å². The van der Waals surface area contributed by atoms with Crippen molar-refractivity contribution in [2.45, 2.75) is 37.8 Å². The van der Waals surface area contributed by atoms with Gasteiger partial charge >= 0.3 is 0 Å². The first kappa shape index (κ1) is 17.6. The van der Waals surface area contributed by atoms with Crippen molar-refractivity contribution in [2.75, 3.05) is 27.2 Å². The van der Waals surface area contributed by atoms with Gasteiger partial charge in [-0.3, -0.25) is 0 Å². The zero-order valence-electron chi connectivity index (χ0n) is 12.6. The summed E-state index contributed by atoms with van der Waals surface area (Å²) in [6, 6.07) is 2.13. The predicted octanol–water partition coefficient (Wildman–Crippen LogP) is 1.48. The Bertz CT molecular complexity index is 495. The summed E-state index contributed by atoms with van der Waals surface area (Å²) < 4.78 is 26.8. The third kappa shape index (κ3) is 6.32. The summed E-state index contributed by atoms with van der Waals surface area (Å²) >= 11 is 1.47. The molecule has 0 saturated heterocycles. The summed E-state index contributed by atoms with van der Waals surface area (Å²) in [4.78, 5) is 3.44. The Kier molecular flexibility index (Phi) is 7.11. The second kappa shape index (κ2) is 8.09. The monoisotopic (exact) mass is 319 g/mol. The van der Waals surface area contributed by atoms with E-state index in [0.717, 1.165) is 17.8 Å². The molecule has 1 rings (SSSR count). The molecular weight excluding hydrogens is 294 g/mol. The highest BCUT2D eigenvalue weighted by Crippen LogP contribution is 2.19. The predicted molar refractivity (Wildman–Crippen MR) is 84.7 cm³/mol. The second-order valence-corrected chi connectivity index (χ2v) is 8.10. The molecule has 1 heterocycles. The molecule has 0 aliphatic carbocycles. The highest BCUT2D eigenvalue weighted by atomic mass is 32.2. The van der Waals surface area contributed by atoms with Crippen molar-refractivity contribution < 1.29 is 8.42 Å². The molecule has 1 aromatic rings. The van der Waals surface area contributed by atoms with Crippen molar-refractivity contribution in [3.8, 4) is 0 Å². The normalized spacial score (nSPS) is 12.5. The zero-order chi connectivity index (χ0) is 15.2. The average Bonchev–Trinajstić information content (AvgIpc) is 2.81. The summed E-state index contributed by atoms with van der Waals surface area (Å²) in [5, 5.41) is 4.98. The molecule has 0 aromatic carbocycles. The molecule has 0 amide bonds. The lowest BCUT2D eigenvalue weighted by Crippen LogP contribution is -2.27. The van der Waals surface area contributed by atoms with Crippen LogP contribution in [0.4, 0.5) is 0 Å². The van der Waals surface area contributed by atoms with Gasteiger partial charge in [0.2, 0.25) is 10.0 Å². The van der Waals surface area contributed by atoms with Gasteiger partial charge in [0.1, 0.15) is 0 Å². The van der Waals surface area contributed by atoms with Gasteiger partial charge < -0.3 is 10.2 Å². The van der Waals surface area contributed by atoms with Crippen LogP contribution < -0.4 is 10.0 Å². The largest absolute Gasteiger partial charge is 0.310 e. The number of nitrogens with one attached hydrogen (secondary N) is 2. The molecule has 5 nitrogen and oxygen atoms in total. The Morgan fingerprint density at radius 3 is 2.65 bits per heavy atom. The van der Waals surface area contributed by atoms with E-state index in [-0.39, 0.29) is 0 Å². The van der Waals surface area contributed by atoms with Crippen molar-refractivity contribution in [3.63, 3.8) is 0 Å². The van der Waals surface area contributed by atoms with Crippen LogP contribution >= 0.6 is 11.3 Å². The topological polar surface area (TPSA) is 61.4 Å². The molecule has 2 N–H and O–H groups in total. The summed E-state index contributed by atoms with van der Waals surface area (Å²) in [6.45, 7) is 6.18. The van der Waals surface area contributed by atoms with Crippen LogP contribution in [-0.2, 0) is 16.6 Å². The molecule has 0 fully saturated rings. The minimum atomic E-state index is -3.36. The number of rotatable bonds is 9. The van der Waals surface area contributed by atoms with Gasteiger partial charge in [0, 0.05) is 29.4 Å². The molecule has 0 radical (unpaired) electrons. The molecule has 116 valence electrons. The van der Waals surface area contributed by atoms with Crippen LogP contribution in [0.1, 0.15) is 25.1 Å². The fourth-order valence-corrected chi connectivity index (χ4v) is 3.88. The van der Waals surface area contributed by atoms with Crippen molar-refractivity contribution in [3.05, 3.63) is 16.3 Å². The van der Waals surface area contributed by atoms with Crippen LogP contribution in [0.3, 0.4) is 0 Å². The van der Waals surface area contributed by atoms with Gasteiger partial charge in [-0.25, -0.2) is 13.1 Å². The van der Waals surface area contributed by atoms with E-state index in [0.29, 0.717) is 24.0 Å². The number of hydrogen-bond acceptors (Lipinski definition) is 5. The molecule has 0 atom stereocenters. The molecule has 0 unspecified atom stereocenters. The number of nitrogens with zero attached hydrogens (tertiary/aromatic N) is 1. The van der Waals surface area contributed by atoms with Gasteiger partial charge in [0.05, 0.1) is 4.90 Å². The van der Waals surface area contributed by atoms with Gasteiger partial charge in [-0.05, 0) is 33.1 Å². The summed E-state index contributed by atoms with van der Waals surface area (Å²) in [5.74, 6) is 0. The van der Waals surface area contributed by atoms with E-state index in [4.69, 9.17) is 0 Å². The van der Waals surface area contributed by atoms with Crippen molar-refractivity contribution in [1.29, 1.82) is 0 Å². The molecular formula is C13H25N3O2S2. The lowest BCUT2D eigenvalue weighted by molar-refractivity contribution is 0.400. The summed E-state index contributed by atoms with van der Waals surface area (Å²) in [7, 11) is 0.585. The van der Waals surface area contributed by atoms with Gasteiger partial charge in [0.25, 0.3) is 0 Å². The van der Waals surface area contributed by atoms with E-state index in [1.807, 2.05) is 19.0 Å². The molecule has 0 aliphatic rings. The highest BCUT2D eigenvalue weighted by molar-refractivity contribution is 7.89. The van der Waals surface area contributed by atoms with Crippen molar-refractivity contribution >= 4 is 21.4 Å². The fourth-order valence-electron chi connectivity index (χ4n) is 1.58. The third-order valence-corrected chi connectivity index (χ3v) is 5.23. The molecule has 0 bridgehead atoms. The summed E-state index contributed by atoms with van der Waals surface area (Å²) in [5.41, 5.74) is 0. The van der Waals surface area contributed by atoms with E-state index in [1.54, 1.807) is 11.4 Å². The van der Waals surface area contributed by atoms with Gasteiger partial charge in [-0.15, -0.1) is 11.3 Å². The van der Waals surface area contributed by atoms with Crippen LogP contribution in [0.5, 0.6) is 0 Å². The van der Waals surface area contributed by atoms with Gasteiger partial charge in [-0.1, -0.05) is 13.8 Å². The number of thiophene rings is 1. The van der Waals surface area contributed by atoms with Gasteiger partial charge in [0.15, 0.2) is 0 Å². The first-order chi connectivity index (χ1) is 9.31. The van der Waals surface area contributed by atoms with E-state index in [2.05, 4.69) is 23.9 Å². The third-order valence-electron chi connectivity index (χ3n) is 2.70. The van der Waals surface area contributed by atoms with E-state index in [1.165, 1.54) is 11.3 Å². The molecule has 7 heteroatoms. The maximum Gasteiger partial charge on any atom is 0.241 e. The standard InChI is InChI=1S/C13H25N3O2S2/c1-11(2)14-9-12-8-13(10-19-12)20(17,18)15-6-5-7-16(3)4/h8,10-11,14-15H,5-7,9H2,1-4H3. The van der Waals surface area contributed by atoms with E-state index in [9.17, 15) is 8.42 Å². The van der Waals surface area contributed by atoms with E-state index >= 15 is 0 Å². The van der Waals surface area contributed by atoms with Crippen LogP contribution in [0.15, 0.2) is 16.3 Å². The Morgan fingerprint density at radius 2 is 2.05 bits per heavy atom. The first-order valence-corrected chi connectivity index (χ1v) is 9.12. The quantitative estimate of drug-likeness (QED) is 0.677. The molecule has 0 saturated carbocycles. The lowest BCUT2D eigenvalue weighted by Gasteiger charge is -2.09. The van der Waals surface area contributed by atoms with Crippen LogP contribution in [-0.4, -0.2) is 46.5 Å². The molecule has 0 spiro atoms. The van der Waals surface area contributed by atoms with Crippen LogP contribution in [0, 0.1) is 0 Å². The maximum atomic E-state index is 12.1. The highest BCUT2D eigenvalue weighted by Gasteiger charge is 2.15. The summed E-state index contributed by atoms with van der Waals surface area (Å²) in [6.07, 6.45) is 0.804. The molecule has 0 aliphatic heterocycles. The first-order valence-electron chi connectivity index (χ1n) is 6.76. The second-order valence-electron chi connectivity index (χ2n) is 5.34. The number of hydrogen-bond donors (Lipinski definition) is 2. The van der Waals surface area contributed by atoms with Gasteiger partial charge in [-0.2, -0.15) is 0 Å².